The van der Waals surface area contributed by atoms with E-state index >= 15 is 0 Å². The molecule has 1 aromatic heterocycles. The van der Waals surface area contributed by atoms with Crippen LogP contribution in [-0.2, 0) is 21.1 Å². The number of thioether (sulfide) groups is 1. The lowest BCUT2D eigenvalue weighted by molar-refractivity contribution is -0.0435. The summed E-state index contributed by atoms with van der Waals surface area (Å²) in [6.07, 6.45) is -0.505. The minimum absolute atomic E-state index is 0.115. The number of hydrogen-bond donors (Lipinski definition) is 4. The van der Waals surface area contributed by atoms with Gasteiger partial charge >= 0.3 is 11.5 Å². The number of alkyl halides is 3. The van der Waals surface area contributed by atoms with E-state index in [4.69, 9.17) is 16.3 Å². The molecule has 0 aliphatic carbocycles. The molecule has 1 aliphatic heterocycles. The maximum absolute atomic E-state index is 13.8. The lowest BCUT2D eigenvalue weighted by Crippen LogP contribution is -2.46. The van der Waals surface area contributed by atoms with Gasteiger partial charge in [0.05, 0.1) is 16.9 Å². The Morgan fingerprint density at radius 2 is 1.51 bits per heavy atom. The zero-order valence-electron chi connectivity index (χ0n) is 35.3. The molecule has 65 heavy (non-hydrogen) atoms. The fourth-order valence-corrected chi connectivity index (χ4v) is 10.5. The molecule has 0 amide bonds. The topological polar surface area (TPSA) is 136 Å². The van der Waals surface area contributed by atoms with Crippen LogP contribution in [0.5, 0.6) is 0 Å². The zero-order chi connectivity index (χ0) is 46.3. The summed E-state index contributed by atoms with van der Waals surface area (Å²) < 4.78 is 77.1. The van der Waals surface area contributed by atoms with E-state index in [1.165, 1.54) is 17.8 Å². The van der Waals surface area contributed by atoms with E-state index in [2.05, 4.69) is 25.9 Å². The van der Waals surface area contributed by atoms with Crippen molar-refractivity contribution in [3.63, 3.8) is 0 Å². The molecular formula is C46H46ClF3N5O6PS3. The first kappa shape index (κ1) is 48.1. The number of halogens is 4. The van der Waals surface area contributed by atoms with Gasteiger partial charge in [-0.3, -0.25) is 0 Å². The van der Waals surface area contributed by atoms with Gasteiger partial charge in [0.25, 0.3) is 9.84 Å². The number of hydrogen-bond acceptors (Lipinski definition) is 12. The van der Waals surface area contributed by atoms with Crippen molar-refractivity contribution in [1.82, 2.24) is 4.57 Å². The van der Waals surface area contributed by atoms with E-state index in [0.717, 1.165) is 51.1 Å². The predicted molar refractivity (Wildman–Crippen MR) is 258 cm³/mol. The van der Waals surface area contributed by atoms with Crippen molar-refractivity contribution in [2.75, 3.05) is 64.7 Å². The van der Waals surface area contributed by atoms with Crippen LogP contribution in [0.3, 0.4) is 0 Å². The van der Waals surface area contributed by atoms with E-state index in [9.17, 15) is 36.2 Å². The van der Waals surface area contributed by atoms with Gasteiger partial charge in [0.2, 0.25) is 8.38 Å². The Kier molecular flexibility index (Phi) is 15.7. The van der Waals surface area contributed by atoms with Crippen molar-refractivity contribution < 1.29 is 40.9 Å². The Labute approximate surface area is 390 Å². The monoisotopic (exact) mass is 983 g/mol. The zero-order valence-corrected chi connectivity index (χ0v) is 39.4. The van der Waals surface area contributed by atoms with Gasteiger partial charge < -0.3 is 38.9 Å². The first-order chi connectivity index (χ1) is 31.1. The van der Waals surface area contributed by atoms with Crippen LogP contribution in [0.25, 0.3) is 22.4 Å². The smallest absolute Gasteiger partial charge is 0.452 e. The summed E-state index contributed by atoms with van der Waals surface area (Å²) in [5.41, 5.74) is 1.23. The van der Waals surface area contributed by atoms with Crippen molar-refractivity contribution in [2.24, 2.45) is 0 Å². The van der Waals surface area contributed by atoms with E-state index in [1.807, 2.05) is 103 Å². The molecule has 7 rings (SSSR count). The third kappa shape index (κ3) is 11.4. The average molecular weight is 985 g/mol. The largest absolute Gasteiger partial charge is 0.501 e. The number of carbonyl (C=O) groups excluding carboxylic acids is 1. The summed E-state index contributed by atoms with van der Waals surface area (Å²) >= 11 is 8.77. The summed E-state index contributed by atoms with van der Waals surface area (Å²) in [5, 5.41) is 3.46. The molecule has 4 N–H and O–H groups in total. The maximum Gasteiger partial charge on any atom is 0.501 e. The standard InChI is InChI=1S/C46H46ClF3N5O6PS3/c1-3-55-31(2)42(45(56)61-30-62(57)58)43(44(55)32-12-14-34(47)15-13-32)33-8-7-9-37(28-33)54-25-23-53(24-26-54)36-18-16-35(17-19-36)52-64-39-20-21-40(41(29-39)65(59,60)46(48,49)50)51-22-27-63-38-10-5-4-6-11-38/h4-21,28-29,51-52,57-58H,3,22-27,30H2,1-2H3. The molecule has 11 nitrogen and oxygen atoms in total. The molecule has 6 aromatic rings. The molecule has 5 aromatic carbocycles. The Morgan fingerprint density at radius 3 is 2.15 bits per heavy atom. The van der Waals surface area contributed by atoms with Crippen molar-refractivity contribution in [2.45, 2.75) is 40.6 Å². The van der Waals surface area contributed by atoms with Crippen molar-refractivity contribution in [1.29, 1.82) is 0 Å². The van der Waals surface area contributed by atoms with Crippen LogP contribution in [0.4, 0.5) is 35.9 Å². The Bertz CT molecular complexity index is 2700. The number of esters is 1. The molecule has 1 aliphatic rings. The van der Waals surface area contributed by atoms with Crippen LogP contribution < -0.4 is 19.8 Å². The molecule has 1 saturated heterocycles. The third-order valence-corrected chi connectivity index (χ3v) is 14.7. The molecule has 19 heteroatoms. The van der Waals surface area contributed by atoms with E-state index in [1.54, 1.807) is 18.2 Å². The van der Waals surface area contributed by atoms with Crippen LogP contribution in [0.15, 0.2) is 136 Å². The number of anilines is 4. The molecule has 2 heterocycles. The van der Waals surface area contributed by atoms with Crippen molar-refractivity contribution >= 4 is 82.2 Å². The first-order valence-electron chi connectivity index (χ1n) is 20.5. The van der Waals surface area contributed by atoms with Crippen LogP contribution in [0, 0.1) is 6.92 Å². The first-order valence-corrected chi connectivity index (χ1v) is 25.6. The summed E-state index contributed by atoms with van der Waals surface area (Å²) in [5.74, 6) is -0.134. The van der Waals surface area contributed by atoms with Gasteiger partial charge in [-0.2, -0.15) is 13.2 Å². The Balaban J connectivity index is 1.02. The molecule has 0 atom stereocenters. The summed E-state index contributed by atoms with van der Waals surface area (Å²) in [6, 6.07) is 36.5. The fraction of sp³-hybridized carbons (Fsp3) is 0.239. The molecule has 0 saturated carbocycles. The second-order valence-electron chi connectivity index (χ2n) is 14.8. The normalized spacial score (nSPS) is 13.3. The van der Waals surface area contributed by atoms with Gasteiger partial charge in [-0.1, -0.05) is 54.1 Å². The van der Waals surface area contributed by atoms with Gasteiger partial charge in [-0.15, -0.1) is 11.8 Å². The minimum atomic E-state index is -5.64. The van der Waals surface area contributed by atoms with Gasteiger partial charge in [0.15, 0.2) is 6.35 Å². The van der Waals surface area contributed by atoms with Crippen molar-refractivity contribution in [3.05, 3.63) is 138 Å². The minimum Gasteiger partial charge on any atom is -0.452 e. The summed E-state index contributed by atoms with van der Waals surface area (Å²) in [6.45, 7) is 7.47. The molecular weight excluding hydrogens is 938 g/mol. The molecule has 0 spiro atoms. The average Bonchev–Trinajstić information content (AvgIpc) is 3.61. The number of piperazine rings is 1. The van der Waals surface area contributed by atoms with Crippen LogP contribution in [-0.4, -0.2) is 79.1 Å². The maximum atomic E-state index is 13.8. The number of ether oxygens (including phenoxy) is 1. The van der Waals surface area contributed by atoms with Crippen molar-refractivity contribution in [3.8, 4) is 22.4 Å². The fourth-order valence-electron chi connectivity index (χ4n) is 7.63. The number of carbonyl (C=O) groups is 1. The van der Waals surface area contributed by atoms with E-state index in [0.29, 0.717) is 70.9 Å². The van der Waals surface area contributed by atoms with E-state index in [-0.39, 0.29) is 12.2 Å². The SMILES string of the molecule is CCn1c(C)c(C(=O)OCP(O)O)c(-c2cccc(N3CCN(c4ccc(NSc5ccc(NCCSc6ccccc6)c(S(=O)(=O)C(F)(F)F)c5)cc4)CC3)c2)c1-c1ccc(Cl)cc1. The van der Waals surface area contributed by atoms with Gasteiger partial charge in [-0.25, -0.2) is 13.2 Å². The Morgan fingerprint density at radius 1 is 0.831 bits per heavy atom. The van der Waals surface area contributed by atoms with Gasteiger partial charge in [0, 0.05) is 88.2 Å². The molecule has 1 fully saturated rings. The lowest BCUT2D eigenvalue weighted by Gasteiger charge is -2.37. The van der Waals surface area contributed by atoms with Gasteiger partial charge in [-0.05, 0) is 116 Å². The number of aromatic nitrogens is 1. The molecule has 0 radical (unpaired) electrons. The highest BCUT2D eigenvalue weighted by Crippen LogP contribution is 2.42. The van der Waals surface area contributed by atoms with Crippen LogP contribution in [0.2, 0.25) is 5.02 Å². The lowest BCUT2D eigenvalue weighted by atomic mass is 9.96. The number of sulfone groups is 1. The second-order valence-corrected chi connectivity index (χ2v) is 20.2. The van der Waals surface area contributed by atoms with E-state index < -0.39 is 40.9 Å². The summed E-state index contributed by atoms with van der Waals surface area (Å²) in [7, 11) is -8.07. The molecule has 342 valence electrons. The summed E-state index contributed by atoms with van der Waals surface area (Å²) in [4.78, 5) is 37.7. The number of nitrogens with one attached hydrogen (secondary N) is 2. The van der Waals surface area contributed by atoms with Gasteiger partial charge in [0.1, 0.15) is 4.90 Å². The number of benzene rings is 5. The third-order valence-electron chi connectivity index (χ3n) is 10.7. The number of rotatable bonds is 17. The quantitative estimate of drug-likeness (QED) is 0.0228. The van der Waals surface area contributed by atoms with Crippen LogP contribution >= 0.6 is 43.7 Å². The number of nitrogens with zero attached hydrogens (tertiary/aromatic N) is 3. The Hall–Kier alpha value is -4.87. The molecule has 0 bridgehead atoms. The highest BCUT2D eigenvalue weighted by Gasteiger charge is 2.48. The second kappa shape index (κ2) is 21.2. The highest BCUT2D eigenvalue weighted by molar-refractivity contribution is 8.00. The predicted octanol–water partition coefficient (Wildman–Crippen LogP) is 11.2. The highest BCUT2D eigenvalue weighted by atomic mass is 35.5. The molecule has 0 unspecified atom stereocenters. The van der Waals surface area contributed by atoms with Crippen LogP contribution in [0.1, 0.15) is 23.0 Å².